The van der Waals surface area contributed by atoms with Crippen molar-refractivity contribution in [2.24, 2.45) is 0 Å². The predicted octanol–water partition coefficient (Wildman–Crippen LogP) is 3.56. The van der Waals surface area contributed by atoms with Crippen LogP contribution in [0.25, 0.3) is 0 Å². The number of anilines is 3. The average Bonchev–Trinajstić information content (AvgIpc) is 3.01. The fourth-order valence-electron chi connectivity index (χ4n) is 4.62. The van der Waals surface area contributed by atoms with Crippen LogP contribution in [0, 0.1) is 0 Å². The molecule has 0 atom stereocenters. The Labute approximate surface area is 200 Å². The van der Waals surface area contributed by atoms with Gasteiger partial charge in [-0.15, -0.1) is 0 Å². The van der Waals surface area contributed by atoms with Crippen LogP contribution in [0.1, 0.15) is 22.3 Å². The average molecular weight is 456 g/mol. The van der Waals surface area contributed by atoms with E-state index < -0.39 is 0 Å². The molecule has 2 aliphatic rings. The van der Waals surface area contributed by atoms with Crippen molar-refractivity contribution < 1.29 is 9.59 Å². The summed E-state index contributed by atoms with van der Waals surface area (Å²) in [6, 6.07) is 21.3. The number of hydrogen-bond donors (Lipinski definition) is 1. The van der Waals surface area contributed by atoms with Crippen LogP contribution in [0.5, 0.6) is 0 Å². The van der Waals surface area contributed by atoms with E-state index in [4.69, 9.17) is 0 Å². The molecule has 0 saturated carbocycles. The van der Waals surface area contributed by atoms with E-state index in [9.17, 15) is 9.59 Å². The van der Waals surface area contributed by atoms with Crippen molar-refractivity contribution in [3.63, 3.8) is 0 Å². The van der Waals surface area contributed by atoms with Gasteiger partial charge in [0, 0.05) is 51.9 Å². The molecular weight excluding hydrogens is 426 g/mol. The molecule has 34 heavy (non-hydrogen) atoms. The Hall–Kier alpha value is -3.55. The summed E-state index contributed by atoms with van der Waals surface area (Å²) >= 11 is 0. The number of nitrogens with zero attached hydrogens (tertiary/aromatic N) is 4. The van der Waals surface area contributed by atoms with E-state index in [2.05, 4.69) is 50.4 Å². The number of fused-ring (bicyclic) bond motifs is 2. The Morgan fingerprint density at radius 1 is 0.853 bits per heavy atom. The minimum absolute atomic E-state index is 0.0598. The van der Waals surface area contributed by atoms with Gasteiger partial charge in [-0.25, -0.2) is 4.98 Å². The number of benzene rings is 2. The quantitative estimate of drug-likeness (QED) is 0.616. The summed E-state index contributed by atoms with van der Waals surface area (Å²) in [6.45, 7) is 5.67. The fraction of sp³-hybridized carbons (Fsp3) is 0.296. The summed E-state index contributed by atoms with van der Waals surface area (Å²) in [6.07, 6.45) is 3.07. The number of pyridine rings is 1. The molecule has 1 fully saturated rings. The largest absolute Gasteiger partial charge is 0.319 e. The van der Waals surface area contributed by atoms with Crippen molar-refractivity contribution in [1.82, 2.24) is 14.8 Å². The molecule has 2 aliphatic heterocycles. The molecule has 0 bridgehead atoms. The zero-order valence-electron chi connectivity index (χ0n) is 19.2. The number of rotatable bonds is 6. The molecule has 1 saturated heterocycles. The Bertz CT molecular complexity index is 1160. The highest BCUT2D eigenvalue weighted by Gasteiger charge is 2.30. The minimum Gasteiger partial charge on any atom is -0.319 e. The molecule has 3 aromatic rings. The number of piperazine rings is 1. The number of hydrogen-bond acceptors (Lipinski definition) is 5. The van der Waals surface area contributed by atoms with E-state index in [1.54, 1.807) is 29.3 Å². The van der Waals surface area contributed by atoms with Gasteiger partial charge in [-0.2, -0.15) is 0 Å². The first kappa shape index (κ1) is 22.3. The molecule has 5 rings (SSSR count). The maximum absolute atomic E-state index is 13.5. The predicted molar refractivity (Wildman–Crippen MR) is 133 cm³/mol. The normalized spacial score (nSPS) is 16.4. The summed E-state index contributed by atoms with van der Waals surface area (Å²) in [5.41, 5.74) is 2.97. The molecule has 0 spiro atoms. The molecule has 1 N–H and O–H groups in total. The summed E-state index contributed by atoms with van der Waals surface area (Å²) in [5, 5.41) is 2.89. The molecule has 1 aromatic heterocycles. The summed E-state index contributed by atoms with van der Waals surface area (Å²) < 4.78 is 0. The molecule has 7 nitrogen and oxygen atoms in total. The summed E-state index contributed by atoms with van der Waals surface area (Å²) in [4.78, 5) is 37.1. The minimum atomic E-state index is -0.230. The van der Waals surface area contributed by atoms with E-state index in [1.807, 2.05) is 18.2 Å². The van der Waals surface area contributed by atoms with Gasteiger partial charge in [0.05, 0.1) is 16.9 Å². The second kappa shape index (κ2) is 10.2. The van der Waals surface area contributed by atoms with Crippen LogP contribution < -0.4 is 10.2 Å². The van der Waals surface area contributed by atoms with Gasteiger partial charge in [0.15, 0.2) is 5.82 Å². The first-order valence-corrected chi connectivity index (χ1v) is 11.9. The molecule has 2 aromatic carbocycles. The van der Waals surface area contributed by atoms with Gasteiger partial charge >= 0.3 is 0 Å². The SMILES string of the molecule is O=C1Nc2cccnc2N(C(=O)CCN2CCN(CCc3ccccc3)CC2)c2ccccc21. The number of carbonyl (C=O) groups excluding carboxylic acids is 2. The van der Waals surface area contributed by atoms with Crippen LogP contribution in [0.4, 0.5) is 17.2 Å². The topological polar surface area (TPSA) is 68.8 Å². The van der Waals surface area contributed by atoms with Crippen molar-refractivity contribution in [2.75, 3.05) is 49.5 Å². The Morgan fingerprint density at radius 2 is 1.56 bits per heavy atom. The van der Waals surface area contributed by atoms with Crippen LogP contribution in [0.15, 0.2) is 72.9 Å². The van der Waals surface area contributed by atoms with Crippen LogP contribution in [0.3, 0.4) is 0 Å². The molecule has 0 aliphatic carbocycles. The third-order valence-electron chi connectivity index (χ3n) is 6.55. The fourth-order valence-corrected chi connectivity index (χ4v) is 4.62. The van der Waals surface area contributed by atoms with Crippen molar-refractivity contribution in [3.8, 4) is 0 Å². The lowest BCUT2D eigenvalue weighted by Crippen LogP contribution is -2.47. The van der Waals surface area contributed by atoms with Gasteiger partial charge in [0.2, 0.25) is 5.91 Å². The second-order valence-electron chi connectivity index (χ2n) is 8.74. The van der Waals surface area contributed by atoms with Crippen molar-refractivity contribution in [1.29, 1.82) is 0 Å². The number of aromatic nitrogens is 1. The standard InChI is InChI=1S/C27H29N5O2/c33-25(13-16-31-19-17-30(18-20-31)15-12-21-7-2-1-3-8-21)32-24-11-5-4-9-22(24)27(34)29-23-10-6-14-28-26(23)32/h1-11,14H,12-13,15-20H2,(H,29,34). The smallest absolute Gasteiger partial charge is 0.257 e. The van der Waals surface area contributed by atoms with E-state index in [0.29, 0.717) is 35.7 Å². The first-order valence-electron chi connectivity index (χ1n) is 11.9. The highest BCUT2D eigenvalue weighted by atomic mass is 16.2. The summed E-state index contributed by atoms with van der Waals surface area (Å²) in [5.74, 6) is 0.179. The van der Waals surface area contributed by atoms with Crippen LogP contribution in [-0.2, 0) is 11.2 Å². The molecule has 7 heteroatoms. The third-order valence-corrected chi connectivity index (χ3v) is 6.55. The Balaban J connectivity index is 1.21. The van der Waals surface area contributed by atoms with Gasteiger partial charge in [-0.3, -0.25) is 14.5 Å². The molecule has 0 radical (unpaired) electrons. The number of amides is 2. The van der Waals surface area contributed by atoms with E-state index in [0.717, 1.165) is 39.1 Å². The van der Waals surface area contributed by atoms with E-state index in [-0.39, 0.29) is 11.8 Å². The second-order valence-corrected chi connectivity index (χ2v) is 8.74. The van der Waals surface area contributed by atoms with E-state index >= 15 is 0 Å². The van der Waals surface area contributed by atoms with Crippen LogP contribution in [0.2, 0.25) is 0 Å². The van der Waals surface area contributed by atoms with Crippen molar-refractivity contribution >= 4 is 29.0 Å². The maximum atomic E-state index is 13.5. The van der Waals surface area contributed by atoms with Crippen LogP contribution in [-0.4, -0.2) is 65.9 Å². The highest BCUT2D eigenvalue weighted by Crippen LogP contribution is 2.36. The lowest BCUT2D eigenvalue weighted by Gasteiger charge is -2.35. The van der Waals surface area contributed by atoms with E-state index in [1.165, 1.54) is 5.56 Å². The third kappa shape index (κ3) is 4.85. The summed E-state index contributed by atoms with van der Waals surface area (Å²) in [7, 11) is 0. The van der Waals surface area contributed by atoms with Gasteiger partial charge in [0.25, 0.3) is 5.91 Å². The molecular formula is C27H29N5O2. The molecule has 2 amide bonds. The first-order chi connectivity index (χ1) is 16.7. The van der Waals surface area contributed by atoms with Gasteiger partial charge in [-0.1, -0.05) is 42.5 Å². The molecule has 3 heterocycles. The molecule has 174 valence electrons. The van der Waals surface area contributed by atoms with Gasteiger partial charge in [-0.05, 0) is 36.2 Å². The lowest BCUT2D eigenvalue weighted by molar-refractivity contribution is -0.118. The number of para-hydroxylation sites is 1. The van der Waals surface area contributed by atoms with Crippen LogP contribution >= 0.6 is 0 Å². The number of nitrogens with one attached hydrogen (secondary N) is 1. The maximum Gasteiger partial charge on any atom is 0.257 e. The zero-order chi connectivity index (χ0) is 23.3. The monoisotopic (exact) mass is 455 g/mol. The Kier molecular flexibility index (Phi) is 6.65. The Morgan fingerprint density at radius 3 is 2.35 bits per heavy atom. The van der Waals surface area contributed by atoms with Crippen molar-refractivity contribution in [3.05, 3.63) is 84.1 Å². The highest BCUT2D eigenvalue weighted by molar-refractivity contribution is 6.17. The zero-order valence-corrected chi connectivity index (χ0v) is 19.2. The molecule has 0 unspecified atom stereocenters. The lowest BCUT2D eigenvalue weighted by atomic mass is 10.1. The van der Waals surface area contributed by atoms with Crippen molar-refractivity contribution in [2.45, 2.75) is 12.8 Å². The van der Waals surface area contributed by atoms with Gasteiger partial charge < -0.3 is 15.1 Å². The number of carbonyl (C=O) groups is 2. The van der Waals surface area contributed by atoms with Gasteiger partial charge in [0.1, 0.15) is 0 Å².